The molecule has 124 valence electrons. The zero-order chi connectivity index (χ0) is 17.4. The van der Waals surface area contributed by atoms with Crippen LogP contribution in [0.1, 0.15) is 22.8 Å². The molecule has 0 saturated heterocycles. The van der Waals surface area contributed by atoms with E-state index in [1.165, 1.54) is 18.2 Å². The lowest BCUT2D eigenvalue weighted by Crippen LogP contribution is -2.25. The second-order valence-electron chi connectivity index (χ2n) is 4.88. The van der Waals surface area contributed by atoms with E-state index in [0.29, 0.717) is 0 Å². The van der Waals surface area contributed by atoms with Crippen LogP contribution in [-0.4, -0.2) is 27.4 Å². The second-order valence-corrected chi connectivity index (χ2v) is 6.65. The first kappa shape index (κ1) is 17.7. The Kier molecular flexibility index (Phi) is 6.13. The third-order valence-electron chi connectivity index (χ3n) is 3.08. The molecule has 0 fully saturated rings. The van der Waals surface area contributed by atoms with Crippen LogP contribution < -0.4 is 10.0 Å². The van der Waals surface area contributed by atoms with Crippen LogP contribution in [0.2, 0.25) is 0 Å². The molecule has 2 aromatic rings. The smallest absolute Gasteiger partial charge is 0.252 e. The van der Waals surface area contributed by atoms with Crippen molar-refractivity contribution in [2.45, 2.75) is 11.8 Å². The average molecular weight is 342 g/mol. The number of hydrogen-bond acceptors (Lipinski definition) is 3. The van der Waals surface area contributed by atoms with Gasteiger partial charge in [0.25, 0.3) is 5.91 Å². The summed E-state index contributed by atoms with van der Waals surface area (Å²) in [5, 5.41) is 2.65. The first-order valence-corrected chi connectivity index (χ1v) is 8.93. The molecule has 0 heterocycles. The van der Waals surface area contributed by atoms with E-state index in [4.69, 9.17) is 0 Å². The van der Waals surface area contributed by atoms with Crippen LogP contribution in [-0.2, 0) is 10.0 Å². The molecule has 0 bridgehead atoms. The molecule has 0 atom stereocenters. The van der Waals surface area contributed by atoms with Crippen molar-refractivity contribution in [2.75, 3.05) is 13.1 Å². The van der Waals surface area contributed by atoms with E-state index < -0.39 is 10.0 Å². The molecule has 1 amide bonds. The number of hydrogen-bond donors (Lipinski definition) is 2. The molecule has 0 unspecified atom stereocenters. The predicted molar refractivity (Wildman–Crippen MR) is 93.0 cm³/mol. The van der Waals surface area contributed by atoms with Gasteiger partial charge in [0.05, 0.1) is 11.4 Å². The number of rotatable bonds is 5. The molecule has 6 heteroatoms. The minimum Gasteiger partial charge on any atom is -0.341 e. The molecule has 2 N–H and O–H groups in total. The Labute approximate surface area is 142 Å². The van der Waals surface area contributed by atoms with Crippen molar-refractivity contribution < 1.29 is 13.2 Å². The van der Waals surface area contributed by atoms with E-state index in [9.17, 15) is 13.2 Å². The fourth-order valence-corrected chi connectivity index (χ4v) is 3.06. The van der Waals surface area contributed by atoms with Crippen LogP contribution in [0.25, 0.3) is 0 Å². The molecule has 0 saturated carbocycles. The quantitative estimate of drug-likeness (QED) is 0.813. The third kappa shape index (κ3) is 4.95. The molecule has 0 aliphatic rings. The molecule has 0 radical (unpaired) electrons. The van der Waals surface area contributed by atoms with E-state index in [0.717, 1.165) is 5.56 Å². The summed E-state index contributed by atoms with van der Waals surface area (Å²) in [5.74, 6) is 5.42. The monoisotopic (exact) mass is 342 g/mol. The van der Waals surface area contributed by atoms with Crippen molar-refractivity contribution in [3.8, 4) is 11.8 Å². The molecule has 0 aliphatic carbocycles. The summed E-state index contributed by atoms with van der Waals surface area (Å²) < 4.78 is 26.3. The summed E-state index contributed by atoms with van der Waals surface area (Å²) in [6, 6.07) is 15.3. The van der Waals surface area contributed by atoms with E-state index in [2.05, 4.69) is 21.9 Å². The lowest BCUT2D eigenvalue weighted by molar-refractivity contribution is 0.0958. The summed E-state index contributed by atoms with van der Waals surface area (Å²) >= 11 is 0. The zero-order valence-electron chi connectivity index (χ0n) is 13.2. The minimum absolute atomic E-state index is 0.0624. The zero-order valence-corrected chi connectivity index (χ0v) is 14.1. The van der Waals surface area contributed by atoms with Crippen molar-refractivity contribution in [2.24, 2.45) is 0 Å². The lowest BCUT2D eigenvalue weighted by atomic mass is 10.2. The number of carbonyl (C=O) groups excluding carboxylic acids is 1. The molecular formula is C18H18N2O3S. The minimum atomic E-state index is -3.59. The molecule has 2 rings (SSSR count). The molecule has 5 nitrogen and oxygen atoms in total. The van der Waals surface area contributed by atoms with Crippen LogP contribution >= 0.6 is 0 Å². The van der Waals surface area contributed by atoms with Gasteiger partial charge in [0.1, 0.15) is 0 Å². The maximum atomic E-state index is 12.1. The Morgan fingerprint density at radius 2 is 1.83 bits per heavy atom. The van der Waals surface area contributed by atoms with Crippen molar-refractivity contribution >= 4 is 15.9 Å². The van der Waals surface area contributed by atoms with Crippen LogP contribution in [0.3, 0.4) is 0 Å². The maximum Gasteiger partial charge on any atom is 0.252 e. The Bertz CT molecular complexity index is 866. The predicted octanol–water partition coefficient (Wildman–Crippen LogP) is 1.77. The number of sulfonamides is 1. The summed E-state index contributed by atoms with van der Waals surface area (Å²) in [7, 11) is -3.59. The molecule has 0 spiro atoms. The fraction of sp³-hybridized carbons (Fsp3) is 0.167. The van der Waals surface area contributed by atoms with Gasteiger partial charge < -0.3 is 5.32 Å². The van der Waals surface area contributed by atoms with Crippen LogP contribution in [0.15, 0.2) is 59.5 Å². The molecule has 2 aromatic carbocycles. The number of carbonyl (C=O) groups is 1. The highest BCUT2D eigenvalue weighted by Crippen LogP contribution is 2.11. The van der Waals surface area contributed by atoms with E-state index in [1.54, 1.807) is 13.0 Å². The van der Waals surface area contributed by atoms with Crippen molar-refractivity contribution in [1.82, 2.24) is 10.0 Å². The summed E-state index contributed by atoms with van der Waals surface area (Å²) in [6.07, 6.45) is 0. The Morgan fingerprint density at radius 1 is 1.08 bits per heavy atom. The normalized spacial score (nSPS) is 10.5. The highest BCUT2D eigenvalue weighted by atomic mass is 32.2. The van der Waals surface area contributed by atoms with E-state index in [1.807, 2.05) is 30.3 Å². The second kappa shape index (κ2) is 8.29. The van der Waals surface area contributed by atoms with Crippen LogP contribution in [0, 0.1) is 11.8 Å². The van der Waals surface area contributed by atoms with Gasteiger partial charge in [-0.15, -0.1) is 0 Å². The van der Waals surface area contributed by atoms with Crippen LogP contribution in [0.4, 0.5) is 0 Å². The maximum absolute atomic E-state index is 12.1. The van der Waals surface area contributed by atoms with Gasteiger partial charge in [0.2, 0.25) is 10.0 Å². The van der Waals surface area contributed by atoms with Gasteiger partial charge in [-0.25, -0.2) is 13.1 Å². The van der Waals surface area contributed by atoms with Gasteiger partial charge in [-0.1, -0.05) is 43.0 Å². The van der Waals surface area contributed by atoms with Crippen molar-refractivity contribution in [3.05, 3.63) is 65.7 Å². The SMILES string of the molecule is CCNS(=O)(=O)c1cccc(C(=O)NCC#Cc2ccccc2)c1. The van der Waals surface area contributed by atoms with Gasteiger partial charge in [-0.2, -0.15) is 0 Å². The van der Waals surface area contributed by atoms with E-state index in [-0.39, 0.29) is 29.5 Å². The Balaban J connectivity index is 2.02. The Hall–Kier alpha value is -2.62. The summed E-state index contributed by atoms with van der Waals surface area (Å²) in [4.78, 5) is 12.2. The van der Waals surface area contributed by atoms with Gasteiger partial charge in [0, 0.05) is 17.7 Å². The molecular weight excluding hydrogens is 324 g/mol. The lowest BCUT2D eigenvalue weighted by Gasteiger charge is -2.06. The molecule has 0 aliphatic heterocycles. The molecule has 24 heavy (non-hydrogen) atoms. The topological polar surface area (TPSA) is 75.3 Å². The fourth-order valence-electron chi connectivity index (χ4n) is 1.97. The average Bonchev–Trinajstić information content (AvgIpc) is 2.59. The van der Waals surface area contributed by atoms with E-state index >= 15 is 0 Å². The Morgan fingerprint density at radius 3 is 2.54 bits per heavy atom. The standard InChI is InChI=1S/C18H18N2O3S/c1-2-20-24(22,23)17-12-6-11-16(14-17)18(21)19-13-7-10-15-8-4-3-5-9-15/h3-6,8-9,11-12,14,20H,2,13H2,1H3,(H,19,21). The summed E-state index contributed by atoms with van der Waals surface area (Å²) in [5.41, 5.74) is 1.14. The van der Waals surface area contributed by atoms with Gasteiger partial charge in [-0.05, 0) is 30.3 Å². The largest absolute Gasteiger partial charge is 0.341 e. The van der Waals surface area contributed by atoms with Gasteiger partial charge >= 0.3 is 0 Å². The highest BCUT2D eigenvalue weighted by Gasteiger charge is 2.14. The summed E-state index contributed by atoms with van der Waals surface area (Å²) in [6.45, 7) is 2.16. The molecule has 0 aromatic heterocycles. The van der Waals surface area contributed by atoms with Crippen molar-refractivity contribution in [1.29, 1.82) is 0 Å². The number of nitrogens with one attached hydrogen (secondary N) is 2. The van der Waals surface area contributed by atoms with Gasteiger partial charge in [0.15, 0.2) is 0 Å². The van der Waals surface area contributed by atoms with Crippen LogP contribution in [0.5, 0.6) is 0 Å². The first-order chi connectivity index (χ1) is 11.5. The first-order valence-electron chi connectivity index (χ1n) is 7.45. The van der Waals surface area contributed by atoms with Crippen molar-refractivity contribution in [3.63, 3.8) is 0 Å². The third-order valence-corrected chi connectivity index (χ3v) is 4.63. The number of amides is 1. The number of benzene rings is 2. The van der Waals surface area contributed by atoms with Gasteiger partial charge in [-0.3, -0.25) is 4.79 Å². The highest BCUT2D eigenvalue weighted by molar-refractivity contribution is 7.89.